The van der Waals surface area contributed by atoms with Crippen molar-refractivity contribution in [3.8, 4) is 5.75 Å². The van der Waals surface area contributed by atoms with Crippen molar-refractivity contribution >= 4 is 16.8 Å². The number of amides is 1. The monoisotopic (exact) mass is 302 g/mol. The number of rotatable bonds is 6. The van der Waals surface area contributed by atoms with Gasteiger partial charge in [-0.3, -0.25) is 4.79 Å². The van der Waals surface area contributed by atoms with Gasteiger partial charge in [-0.2, -0.15) is 0 Å². The molecule has 2 rings (SSSR count). The van der Waals surface area contributed by atoms with Crippen LogP contribution in [0.1, 0.15) is 39.2 Å². The van der Waals surface area contributed by atoms with E-state index < -0.39 is 5.41 Å². The minimum Gasteiger partial charge on any atom is -0.497 e. The van der Waals surface area contributed by atoms with E-state index in [9.17, 15) is 4.79 Å². The summed E-state index contributed by atoms with van der Waals surface area (Å²) in [4.78, 5) is 17.9. The van der Waals surface area contributed by atoms with E-state index in [-0.39, 0.29) is 5.91 Å². The third kappa shape index (κ3) is 2.96. The Labute approximate surface area is 132 Å². The van der Waals surface area contributed by atoms with E-state index in [1.165, 1.54) is 0 Å². The highest BCUT2D eigenvalue weighted by Gasteiger charge is 2.34. The molecule has 0 aliphatic heterocycles. The maximum atomic E-state index is 12.8. The molecule has 0 radical (unpaired) electrons. The molecule has 0 fully saturated rings. The summed E-state index contributed by atoms with van der Waals surface area (Å²) in [5, 5.41) is 1.04. The maximum Gasteiger partial charge on any atom is 0.232 e. The summed E-state index contributed by atoms with van der Waals surface area (Å²) >= 11 is 0. The molecule has 1 amide bonds. The number of aromatic nitrogens is 1. The first-order valence-corrected chi connectivity index (χ1v) is 7.83. The fourth-order valence-corrected chi connectivity index (χ4v) is 2.83. The van der Waals surface area contributed by atoms with Gasteiger partial charge in [0.2, 0.25) is 5.91 Å². The lowest BCUT2D eigenvalue weighted by Crippen LogP contribution is -2.41. The van der Waals surface area contributed by atoms with Crippen LogP contribution in [-0.2, 0) is 10.2 Å². The number of unbranched alkanes of at least 4 members (excludes halogenated alkanes) is 1. The lowest BCUT2D eigenvalue weighted by molar-refractivity contribution is -0.134. The Bertz CT molecular complexity index is 658. The Hall–Kier alpha value is -1.97. The second kappa shape index (κ2) is 6.42. The molecule has 2 aromatic rings. The van der Waals surface area contributed by atoms with E-state index in [1.807, 2.05) is 50.2 Å². The zero-order chi connectivity index (χ0) is 16.3. The lowest BCUT2D eigenvalue weighted by Gasteiger charge is -2.29. The van der Waals surface area contributed by atoms with Crippen molar-refractivity contribution < 1.29 is 9.53 Å². The standard InChI is InChI=1S/C18H26N2O2/c1-6-7-10-20(4)17(21)18(2,3)15-12-19-16-9-8-13(22-5)11-14(15)16/h8-9,11-12,19H,6-7,10H2,1-5H3. The van der Waals surface area contributed by atoms with Crippen LogP contribution in [0, 0.1) is 0 Å². The van der Waals surface area contributed by atoms with Crippen molar-refractivity contribution in [3.05, 3.63) is 30.0 Å². The Balaban J connectivity index is 2.38. The number of H-pyrrole nitrogens is 1. The number of nitrogens with zero attached hydrogens (tertiary/aromatic N) is 1. The Morgan fingerprint density at radius 3 is 2.73 bits per heavy atom. The summed E-state index contributed by atoms with van der Waals surface area (Å²) in [6.45, 7) is 6.90. The average Bonchev–Trinajstić information content (AvgIpc) is 2.95. The number of hydrogen-bond acceptors (Lipinski definition) is 2. The van der Waals surface area contributed by atoms with Crippen LogP contribution in [0.2, 0.25) is 0 Å². The zero-order valence-electron chi connectivity index (χ0n) is 14.2. The first-order valence-electron chi connectivity index (χ1n) is 7.83. The molecule has 0 atom stereocenters. The van der Waals surface area contributed by atoms with Gasteiger partial charge in [0.25, 0.3) is 0 Å². The van der Waals surface area contributed by atoms with Gasteiger partial charge in [-0.1, -0.05) is 13.3 Å². The van der Waals surface area contributed by atoms with Crippen LogP contribution in [-0.4, -0.2) is 36.5 Å². The van der Waals surface area contributed by atoms with Crippen LogP contribution in [0.3, 0.4) is 0 Å². The quantitative estimate of drug-likeness (QED) is 0.884. The summed E-state index contributed by atoms with van der Waals surface area (Å²) < 4.78 is 5.31. The third-order valence-electron chi connectivity index (χ3n) is 4.29. The van der Waals surface area contributed by atoms with Gasteiger partial charge in [0.05, 0.1) is 12.5 Å². The van der Waals surface area contributed by atoms with E-state index in [1.54, 1.807) is 7.11 Å². The Morgan fingerprint density at radius 2 is 2.09 bits per heavy atom. The molecule has 0 unspecified atom stereocenters. The highest BCUT2D eigenvalue weighted by molar-refractivity contribution is 5.95. The largest absolute Gasteiger partial charge is 0.497 e. The van der Waals surface area contributed by atoms with Gasteiger partial charge in [0.15, 0.2) is 0 Å². The van der Waals surface area contributed by atoms with Crippen molar-refractivity contribution in [2.24, 2.45) is 0 Å². The van der Waals surface area contributed by atoms with Crippen LogP contribution in [0.15, 0.2) is 24.4 Å². The van der Waals surface area contributed by atoms with Crippen molar-refractivity contribution in [2.45, 2.75) is 39.0 Å². The number of ether oxygens (including phenoxy) is 1. The molecule has 0 bridgehead atoms. The van der Waals surface area contributed by atoms with Crippen LogP contribution >= 0.6 is 0 Å². The first-order chi connectivity index (χ1) is 10.4. The highest BCUT2D eigenvalue weighted by atomic mass is 16.5. The van der Waals surface area contributed by atoms with Gasteiger partial charge >= 0.3 is 0 Å². The number of nitrogens with one attached hydrogen (secondary N) is 1. The number of aromatic amines is 1. The molecule has 0 saturated carbocycles. The summed E-state index contributed by atoms with van der Waals surface area (Å²) in [5.41, 5.74) is 1.45. The van der Waals surface area contributed by atoms with Gasteiger partial charge in [0.1, 0.15) is 5.75 Å². The van der Waals surface area contributed by atoms with Crippen molar-refractivity contribution in [2.75, 3.05) is 20.7 Å². The van der Waals surface area contributed by atoms with Gasteiger partial charge in [-0.15, -0.1) is 0 Å². The fourth-order valence-electron chi connectivity index (χ4n) is 2.83. The van der Waals surface area contributed by atoms with Crippen LogP contribution in [0.25, 0.3) is 10.9 Å². The van der Waals surface area contributed by atoms with Crippen molar-refractivity contribution in [1.29, 1.82) is 0 Å². The summed E-state index contributed by atoms with van der Waals surface area (Å²) in [6, 6.07) is 5.89. The van der Waals surface area contributed by atoms with E-state index in [4.69, 9.17) is 4.74 Å². The van der Waals surface area contributed by atoms with Crippen molar-refractivity contribution in [3.63, 3.8) is 0 Å². The summed E-state index contributed by atoms with van der Waals surface area (Å²) in [5.74, 6) is 0.945. The Kier molecular flexibility index (Phi) is 4.79. The molecule has 4 heteroatoms. The Morgan fingerprint density at radius 1 is 1.36 bits per heavy atom. The molecule has 0 aliphatic carbocycles. The SMILES string of the molecule is CCCCN(C)C(=O)C(C)(C)c1c[nH]c2ccc(OC)cc12. The number of fused-ring (bicyclic) bond motifs is 1. The number of benzene rings is 1. The summed E-state index contributed by atoms with van der Waals surface area (Å²) in [6.07, 6.45) is 4.05. The third-order valence-corrected chi connectivity index (χ3v) is 4.29. The lowest BCUT2D eigenvalue weighted by atomic mass is 9.83. The van der Waals surface area contributed by atoms with E-state index in [0.717, 1.165) is 41.6 Å². The average molecular weight is 302 g/mol. The van der Waals surface area contributed by atoms with E-state index in [2.05, 4.69) is 11.9 Å². The van der Waals surface area contributed by atoms with Crippen LogP contribution in [0.5, 0.6) is 5.75 Å². The van der Waals surface area contributed by atoms with E-state index in [0.29, 0.717) is 0 Å². The second-order valence-corrected chi connectivity index (χ2v) is 6.32. The molecule has 1 N–H and O–H groups in total. The molecule has 120 valence electrons. The second-order valence-electron chi connectivity index (χ2n) is 6.32. The molecular formula is C18H26N2O2. The van der Waals surface area contributed by atoms with Gasteiger partial charge in [-0.05, 0) is 44.0 Å². The van der Waals surface area contributed by atoms with Crippen LogP contribution in [0.4, 0.5) is 0 Å². The molecule has 0 spiro atoms. The fraction of sp³-hybridized carbons (Fsp3) is 0.500. The smallest absolute Gasteiger partial charge is 0.232 e. The van der Waals surface area contributed by atoms with Crippen molar-refractivity contribution in [1.82, 2.24) is 9.88 Å². The van der Waals surface area contributed by atoms with Gasteiger partial charge in [-0.25, -0.2) is 0 Å². The molecule has 4 nitrogen and oxygen atoms in total. The predicted octanol–water partition coefficient (Wildman–Crippen LogP) is 3.71. The number of hydrogen-bond donors (Lipinski definition) is 1. The minimum atomic E-state index is -0.576. The molecule has 1 aromatic heterocycles. The predicted molar refractivity (Wildman–Crippen MR) is 90.4 cm³/mol. The number of carbonyl (C=O) groups excluding carboxylic acids is 1. The topological polar surface area (TPSA) is 45.3 Å². The van der Waals surface area contributed by atoms with Gasteiger partial charge < -0.3 is 14.6 Å². The minimum absolute atomic E-state index is 0.143. The molecule has 0 aliphatic rings. The highest BCUT2D eigenvalue weighted by Crippen LogP contribution is 2.33. The normalized spacial score (nSPS) is 11.7. The molecule has 0 saturated heterocycles. The zero-order valence-corrected chi connectivity index (χ0v) is 14.2. The molecule has 22 heavy (non-hydrogen) atoms. The number of carbonyl (C=O) groups is 1. The maximum absolute atomic E-state index is 12.8. The number of likely N-dealkylation sites (N-methyl/N-ethyl adjacent to an activating group) is 1. The van der Waals surface area contributed by atoms with Gasteiger partial charge in [0, 0.05) is 30.7 Å². The number of methoxy groups -OCH3 is 1. The first kappa shape index (κ1) is 16.4. The molecule has 1 aromatic carbocycles. The summed E-state index contributed by atoms with van der Waals surface area (Å²) in [7, 11) is 3.54. The molecular weight excluding hydrogens is 276 g/mol. The molecule has 1 heterocycles. The van der Waals surface area contributed by atoms with Crippen LogP contribution < -0.4 is 4.74 Å². The van der Waals surface area contributed by atoms with E-state index >= 15 is 0 Å².